The van der Waals surface area contributed by atoms with E-state index in [0.29, 0.717) is 0 Å². The van der Waals surface area contributed by atoms with Gasteiger partial charge in [-0.3, -0.25) is 9.59 Å². The smallest absolute Gasteiger partial charge is 0.240 e. The van der Waals surface area contributed by atoms with Crippen molar-refractivity contribution in [1.29, 1.82) is 0 Å². The monoisotopic (exact) mass is 268 g/mol. The Morgan fingerprint density at radius 3 is 2.05 bits per heavy atom. The number of aliphatic hydroxyl groups is 1. The predicted molar refractivity (Wildman–Crippen MR) is 66.9 cm³/mol. The molecule has 1 N–H and O–H groups in total. The maximum absolute atomic E-state index is 12.5. The summed E-state index contributed by atoms with van der Waals surface area (Å²) in [5, 5.41) is 10.7. The Labute approximate surface area is 112 Å². The van der Waals surface area contributed by atoms with E-state index in [2.05, 4.69) is 0 Å². The number of ketones is 2. The maximum atomic E-state index is 12.5. The van der Waals surface area contributed by atoms with Crippen LogP contribution in [0.25, 0.3) is 0 Å². The molecule has 0 saturated heterocycles. The Kier molecular flexibility index (Phi) is 2.67. The van der Waals surface area contributed by atoms with Crippen LogP contribution in [0, 0.1) is 10.8 Å². The highest BCUT2D eigenvalue weighted by molar-refractivity contribution is 6.19. The van der Waals surface area contributed by atoms with Crippen LogP contribution in [0.15, 0.2) is 11.6 Å². The van der Waals surface area contributed by atoms with E-state index in [0.717, 1.165) is 0 Å². The maximum Gasteiger partial charge on any atom is 0.240 e. The van der Waals surface area contributed by atoms with Gasteiger partial charge in [0.1, 0.15) is 5.60 Å². The van der Waals surface area contributed by atoms with Gasteiger partial charge in [0.25, 0.3) is 0 Å². The molecule has 5 nitrogen and oxygen atoms in total. The van der Waals surface area contributed by atoms with Crippen LogP contribution in [0.1, 0.15) is 41.5 Å². The fourth-order valence-electron chi connectivity index (χ4n) is 2.72. The molecule has 0 amide bonds. The second-order valence-corrected chi connectivity index (χ2v) is 6.88. The van der Waals surface area contributed by atoms with Gasteiger partial charge in [0.2, 0.25) is 5.79 Å². The van der Waals surface area contributed by atoms with Gasteiger partial charge in [-0.15, -0.1) is 0 Å². The van der Waals surface area contributed by atoms with E-state index in [4.69, 9.17) is 9.78 Å². The van der Waals surface area contributed by atoms with E-state index < -0.39 is 28.0 Å². The molecule has 1 aliphatic carbocycles. The highest BCUT2D eigenvalue weighted by atomic mass is 17.2. The Morgan fingerprint density at radius 2 is 1.53 bits per heavy atom. The van der Waals surface area contributed by atoms with Crippen molar-refractivity contribution in [3.8, 4) is 0 Å². The second-order valence-electron chi connectivity index (χ2n) is 6.88. The summed E-state index contributed by atoms with van der Waals surface area (Å²) < 4.78 is 0. The second kappa shape index (κ2) is 3.53. The topological polar surface area (TPSA) is 72.8 Å². The third-order valence-electron chi connectivity index (χ3n) is 4.03. The Hall–Kier alpha value is -1.04. The number of carbonyl (C=O) groups excluding carboxylic acids is 2. The van der Waals surface area contributed by atoms with E-state index >= 15 is 0 Å². The lowest BCUT2D eigenvalue weighted by Gasteiger charge is -2.51. The van der Waals surface area contributed by atoms with Crippen molar-refractivity contribution in [1.82, 2.24) is 0 Å². The van der Waals surface area contributed by atoms with Crippen LogP contribution in [-0.2, 0) is 19.4 Å². The average Bonchev–Trinajstić information content (AvgIpc) is 2.28. The van der Waals surface area contributed by atoms with Crippen LogP contribution in [0.3, 0.4) is 0 Å². The average molecular weight is 268 g/mol. The molecule has 1 aliphatic heterocycles. The lowest BCUT2D eigenvalue weighted by Crippen LogP contribution is -2.66. The molecule has 2 rings (SSSR count). The molecule has 0 unspecified atom stereocenters. The molecule has 1 fully saturated rings. The van der Waals surface area contributed by atoms with Crippen molar-refractivity contribution in [3.63, 3.8) is 0 Å². The molecular formula is C14H20O5. The highest BCUT2D eigenvalue weighted by Crippen LogP contribution is 2.52. The molecule has 0 radical (unpaired) electrons. The zero-order chi connectivity index (χ0) is 14.9. The first kappa shape index (κ1) is 14.4. The van der Waals surface area contributed by atoms with Gasteiger partial charge in [0.15, 0.2) is 11.6 Å². The van der Waals surface area contributed by atoms with Gasteiger partial charge in [-0.05, 0) is 47.6 Å². The third-order valence-corrected chi connectivity index (χ3v) is 4.03. The molecule has 1 saturated carbocycles. The van der Waals surface area contributed by atoms with E-state index in [1.54, 1.807) is 41.5 Å². The fraction of sp³-hybridized carbons (Fsp3) is 0.714. The number of carbonyl (C=O) groups is 2. The molecule has 0 aromatic carbocycles. The highest BCUT2D eigenvalue weighted by Gasteiger charge is 2.67. The van der Waals surface area contributed by atoms with E-state index in [1.165, 1.54) is 6.08 Å². The molecule has 1 heterocycles. The lowest BCUT2D eigenvalue weighted by molar-refractivity contribution is -0.462. The van der Waals surface area contributed by atoms with Crippen LogP contribution in [-0.4, -0.2) is 28.1 Å². The summed E-state index contributed by atoms with van der Waals surface area (Å²) >= 11 is 0. The fourth-order valence-corrected chi connectivity index (χ4v) is 2.72. The molecule has 0 aromatic heterocycles. The summed E-state index contributed by atoms with van der Waals surface area (Å²) in [7, 11) is 0. The predicted octanol–water partition coefficient (Wildman–Crippen LogP) is 1.55. The standard InChI is InChI=1S/C14H20O5/c1-11(2)7-8-9(15)12(3,4)10(16)13(5,6)14(8,17)19-18-11/h7,17H,1-6H3/t14-/m0/s1. The van der Waals surface area contributed by atoms with Crippen LogP contribution in [0.4, 0.5) is 0 Å². The largest absolute Gasteiger partial charge is 0.359 e. The van der Waals surface area contributed by atoms with Crippen LogP contribution < -0.4 is 0 Å². The molecular weight excluding hydrogens is 248 g/mol. The zero-order valence-corrected chi connectivity index (χ0v) is 12.2. The normalized spacial score (nSPS) is 35.6. The van der Waals surface area contributed by atoms with Gasteiger partial charge in [-0.1, -0.05) is 0 Å². The quantitative estimate of drug-likeness (QED) is 0.533. The number of hydrogen-bond donors (Lipinski definition) is 1. The molecule has 0 aromatic rings. The third kappa shape index (κ3) is 1.65. The summed E-state index contributed by atoms with van der Waals surface area (Å²) in [6, 6.07) is 0. The van der Waals surface area contributed by atoms with Gasteiger partial charge < -0.3 is 5.11 Å². The molecule has 0 spiro atoms. The zero-order valence-electron chi connectivity index (χ0n) is 12.2. The Balaban J connectivity index is 2.71. The molecule has 0 bridgehead atoms. The minimum absolute atomic E-state index is 0.0957. The van der Waals surface area contributed by atoms with Gasteiger partial charge in [0.05, 0.1) is 16.4 Å². The van der Waals surface area contributed by atoms with Crippen molar-refractivity contribution in [3.05, 3.63) is 11.6 Å². The first-order valence-electron chi connectivity index (χ1n) is 6.28. The van der Waals surface area contributed by atoms with Gasteiger partial charge in [-0.25, -0.2) is 4.89 Å². The van der Waals surface area contributed by atoms with Crippen molar-refractivity contribution in [2.75, 3.05) is 0 Å². The van der Waals surface area contributed by atoms with Gasteiger partial charge in [-0.2, -0.15) is 4.89 Å². The minimum atomic E-state index is -2.04. The Morgan fingerprint density at radius 1 is 1.00 bits per heavy atom. The van der Waals surface area contributed by atoms with E-state index in [-0.39, 0.29) is 11.4 Å². The minimum Gasteiger partial charge on any atom is -0.359 e. The number of rotatable bonds is 0. The molecule has 2 aliphatic rings. The summed E-state index contributed by atoms with van der Waals surface area (Å²) in [6.45, 7) is 9.68. The van der Waals surface area contributed by atoms with Crippen molar-refractivity contribution >= 4 is 11.6 Å². The first-order valence-corrected chi connectivity index (χ1v) is 6.28. The molecule has 19 heavy (non-hydrogen) atoms. The first-order chi connectivity index (χ1) is 8.36. The van der Waals surface area contributed by atoms with Crippen molar-refractivity contribution in [2.45, 2.75) is 52.9 Å². The van der Waals surface area contributed by atoms with E-state index in [1.807, 2.05) is 0 Å². The molecule has 5 heteroatoms. The summed E-state index contributed by atoms with van der Waals surface area (Å²) in [4.78, 5) is 35.1. The Bertz CT molecular complexity index is 498. The van der Waals surface area contributed by atoms with Crippen molar-refractivity contribution < 1.29 is 24.5 Å². The summed E-state index contributed by atoms with van der Waals surface area (Å²) in [6.07, 6.45) is 1.54. The van der Waals surface area contributed by atoms with Crippen LogP contribution >= 0.6 is 0 Å². The number of hydrogen-bond acceptors (Lipinski definition) is 5. The molecule has 106 valence electrons. The number of fused-ring (bicyclic) bond motifs is 1. The summed E-state index contributed by atoms with van der Waals surface area (Å²) in [5.74, 6) is -2.82. The summed E-state index contributed by atoms with van der Waals surface area (Å²) in [5.41, 5.74) is -3.19. The number of Topliss-reactive ketones (excluding diaryl/α,β-unsaturated/α-hetero) is 2. The van der Waals surface area contributed by atoms with Gasteiger partial charge in [0, 0.05) is 0 Å². The molecule has 1 atom stereocenters. The lowest BCUT2D eigenvalue weighted by atomic mass is 9.57. The van der Waals surface area contributed by atoms with Crippen molar-refractivity contribution in [2.24, 2.45) is 10.8 Å². The van der Waals surface area contributed by atoms with Crippen LogP contribution in [0.5, 0.6) is 0 Å². The van der Waals surface area contributed by atoms with E-state index in [9.17, 15) is 14.7 Å². The SMILES string of the molecule is CC1(C)C=C2C(=O)C(C)(C)C(=O)C(C)(C)[C@@]2(O)OO1. The van der Waals surface area contributed by atoms with Crippen LogP contribution in [0.2, 0.25) is 0 Å². The van der Waals surface area contributed by atoms with Gasteiger partial charge >= 0.3 is 0 Å².